The average Bonchev–Trinajstić information content (AvgIpc) is 3.16. The summed E-state index contributed by atoms with van der Waals surface area (Å²) in [5.41, 5.74) is 1.81. The Labute approximate surface area is 122 Å². The summed E-state index contributed by atoms with van der Waals surface area (Å²) in [6.07, 6.45) is 2.23. The van der Waals surface area contributed by atoms with Crippen molar-refractivity contribution >= 4 is 11.6 Å². The number of rotatable bonds is 3. The molecule has 1 unspecified atom stereocenters. The third kappa shape index (κ3) is 2.54. The predicted molar refractivity (Wildman–Crippen MR) is 78.1 cm³/mol. The number of methoxy groups -OCH3 is 1. The molecule has 0 aliphatic carbocycles. The molecular formula is C16H16N2O3. The third-order valence-corrected chi connectivity index (χ3v) is 3.51. The van der Waals surface area contributed by atoms with E-state index in [-0.39, 0.29) is 11.9 Å². The van der Waals surface area contributed by atoms with Gasteiger partial charge in [0, 0.05) is 18.9 Å². The Hall–Kier alpha value is -2.56. The van der Waals surface area contributed by atoms with E-state index in [4.69, 9.17) is 9.15 Å². The van der Waals surface area contributed by atoms with Gasteiger partial charge in [-0.3, -0.25) is 4.79 Å². The van der Waals surface area contributed by atoms with E-state index in [9.17, 15) is 4.79 Å². The number of hydrazone groups is 1. The fraction of sp³-hybridized carbons (Fsp3) is 0.250. The highest BCUT2D eigenvalue weighted by Gasteiger charge is 2.33. The molecule has 0 N–H and O–H groups in total. The maximum absolute atomic E-state index is 11.8. The molecular weight excluding hydrogens is 268 g/mol. The molecule has 2 aromatic rings. The molecule has 3 rings (SSSR count). The van der Waals surface area contributed by atoms with Crippen LogP contribution in [-0.4, -0.2) is 23.7 Å². The van der Waals surface area contributed by atoms with Crippen LogP contribution in [0.15, 0.2) is 52.2 Å². The van der Waals surface area contributed by atoms with E-state index in [0.717, 1.165) is 22.8 Å². The summed E-state index contributed by atoms with van der Waals surface area (Å²) in [5.74, 6) is 1.41. The number of hydrogen-bond acceptors (Lipinski definition) is 4. The summed E-state index contributed by atoms with van der Waals surface area (Å²) >= 11 is 0. The number of carbonyl (C=O) groups excluding carboxylic acids is 1. The number of amides is 1. The fourth-order valence-electron chi connectivity index (χ4n) is 2.48. The van der Waals surface area contributed by atoms with Gasteiger partial charge in [-0.15, -0.1) is 0 Å². The molecule has 0 spiro atoms. The minimum absolute atomic E-state index is 0.103. The number of benzene rings is 1. The highest BCUT2D eigenvalue weighted by atomic mass is 16.5. The van der Waals surface area contributed by atoms with E-state index in [1.54, 1.807) is 13.4 Å². The average molecular weight is 284 g/mol. The predicted octanol–water partition coefficient (Wildman–Crippen LogP) is 2.99. The molecule has 0 saturated heterocycles. The van der Waals surface area contributed by atoms with Crippen molar-refractivity contribution in [1.82, 2.24) is 5.01 Å². The molecule has 2 heterocycles. The minimum atomic E-state index is -0.182. The summed E-state index contributed by atoms with van der Waals surface area (Å²) in [6, 6.07) is 11.2. The van der Waals surface area contributed by atoms with Gasteiger partial charge in [-0.2, -0.15) is 5.10 Å². The molecule has 1 aromatic heterocycles. The van der Waals surface area contributed by atoms with Crippen molar-refractivity contribution in [3.63, 3.8) is 0 Å². The van der Waals surface area contributed by atoms with Crippen molar-refractivity contribution in [1.29, 1.82) is 0 Å². The van der Waals surface area contributed by atoms with Crippen molar-refractivity contribution in [2.45, 2.75) is 19.4 Å². The Morgan fingerprint density at radius 1 is 1.38 bits per heavy atom. The van der Waals surface area contributed by atoms with Gasteiger partial charge in [-0.25, -0.2) is 5.01 Å². The summed E-state index contributed by atoms with van der Waals surface area (Å²) in [5, 5.41) is 5.94. The summed E-state index contributed by atoms with van der Waals surface area (Å²) in [6.45, 7) is 1.51. The minimum Gasteiger partial charge on any atom is -0.497 e. The topological polar surface area (TPSA) is 55.0 Å². The second kappa shape index (κ2) is 5.44. The first-order valence-electron chi connectivity index (χ1n) is 6.74. The molecule has 21 heavy (non-hydrogen) atoms. The number of furan rings is 1. The van der Waals surface area contributed by atoms with Crippen LogP contribution in [0.25, 0.3) is 0 Å². The van der Waals surface area contributed by atoms with Gasteiger partial charge in [0.1, 0.15) is 17.6 Å². The SMILES string of the molecule is COc1cccc(C2=NN(C(C)=O)C(c3ccco3)C2)c1. The van der Waals surface area contributed by atoms with Crippen molar-refractivity contribution in [3.05, 3.63) is 54.0 Å². The van der Waals surface area contributed by atoms with E-state index in [1.807, 2.05) is 36.4 Å². The molecule has 0 bridgehead atoms. The first kappa shape index (κ1) is 13.4. The van der Waals surface area contributed by atoms with Crippen LogP contribution in [0.5, 0.6) is 5.75 Å². The lowest BCUT2D eigenvalue weighted by Gasteiger charge is -2.17. The molecule has 1 atom stereocenters. The molecule has 5 heteroatoms. The van der Waals surface area contributed by atoms with Crippen LogP contribution < -0.4 is 4.74 Å². The maximum Gasteiger partial charge on any atom is 0.240 e. The van der Waals surface area contributed by atoms with Gasteiger partial charge in [0.15, 0.2) is 0 Å². The second-order valence-corrected chi connectivity index (χ2v) is 4.88. The van der Waals surface area contributed by atoms with Crippen LogP contribution in [0.1, 0.15) is 30.7 Å². The van der Waals surface area contributed by atoms with Gasteiger partial charge in [0.05, 0.1) is 19.1 Å². The van der Waals surface area contributed by atoms with E-state index in [0.29, 0.717) is 6.42 Å². The molecule has 5 nitrogen and oxygen atoms in total. The molecule has 108 valence electrons. The van der Waals surface area contributed by atoms with Crippen LogP contribution in [0.4, 0.5) is 0 Å². The number of nitrogens with zero attached hydrogens (tertiary/aromatic N) is 2. The highest BCUT2D eigenvalue weighted by Crippen LogP contribution is 2.33. The largest absolute Gasteiger partial charge is 0.497 e. The van der Waals surface area contributed by atoms with Crippen molar-refractivity contribution in [3.8, 4) is 5.75 Å². The number of hydrogen-bond donors (Lipinski definition) is 0. The molecule has 1 aliphatic rings. The Balaban J connectivity index is 1.93. The van der Waals surface area contributed by atoms with Gasteiger partial charge >= 0.3 is 0 Å². The molecule has 1 amide bonds. The van der Waals surface area contributed by atoms with Gasteiger partial charge < -0.3 is 9.15 Å². The maximum atomic E-state index is 11.8. The Morgan fingerprint density at radius 3 is 2.90 bits per heavy atom. The lowest BCUT2D eigenvalue weighted by atomic mass is 10.0. The van der Waals surface area contributed by atoms with Crippen molar-refractivity contribution in [2.75, 3.05) is 7.11 Å². The second-order valence-electron chi connectivity index (χ2n) is 4.88. The number of ether oxygens (including phenoxy) is 1. The van der Waals surface area contributed by atoms with E-state index in [1.165, 1.54) is 11.9 Å². The van der Waals surface area contributed by atoms with Crippen molar-refractivity contribution < 1.29 is 13.9 Å². The van der Waals surface area contributed by atoms with Gasteiger partial charge in [0.25, 0.3) is 0 Å². The van der Waals surface area contributed by atoms with E-state index < -0.39 is 0 Å². The quantitative estimate of drug-likeness (QED) is 0.870. The molecule has 0 fully saturated rings. The molecule has 1 aliphatic heterocycles. The Kier molecular flexibility index (Phi) is 3.48. The zero-order valence-electron chi connectivity index (χ0n) is 11.9. The van der Waals surface area contributed by atoms with Crippen LogP contribution >= 0.6 is 0 Å². The number of carbonyl (C=O) groups is 1. The van der Waals surface area contributed by atoms with Gasteiger partial charge in [0.2, 0.25) is 5.91 Å². The lowest BCUT2D eigenvalue weighted by Crippen LogP contribution is -2.23. The van der Waals surface area contributed by atoms with Crippen LogP contribution in [-0.2, 0) is 4.79 Å². The summed E-state index contributed by atoms with van der Waals surface area (Å²) in [7, 11) is 1.63. The smallest absolute Gasteiger partial charge is 0.240 e. The standard InChI is InChI=1S/C16H16N2O3/c1-11(19)18-15(16-7-4-8-21-16)10-14(17-18)12-5-3-6-13(9-12)20-2/h3-9,15H,10H2,1-2H3. The molecule has 0 saturated carbocycles. The zero-order chi connectivity index (χ0) is 14.8. The first-order valence-corrected chi connectivity index (χ1v) is 6.74. The van der Waals surface area contributed by atoms with Crippen molar-refractivity contribution in [2.24, 2.45) is 5.10 Å². The Morgan fingerprint density at radius 2 is 2.24 bits per heavy atom. The normalized spacial score (nSPS) is 17.7. The van der Waals surface area contributed by atoms with Crippen LogP contribution in [0.2, 0.25) is 0 Å². The van der Waals surface area contributed by atoms with Gasteiger partial charge in [-0.1, -0.05) is 12.1 Å². The lowest BCUT2D eigenvalue weighted by molar-refractivity contribution is -0.130. The van der Waals surface area contributed by atoms with Gasteiger partial charge in [-0.05, 0) is 24.3 Å². The third-order valence-electron chi connectivity index (χ3n) is 3.51. The Bertz CT molecular complexity index is 677. The first-order chi connectivity index (χ1) is 10.2. The summed E-state index contributed by atoms with van der Waals surface area (Å²) in [4.78, 5) is 11.8. The summed E-state index contributed by atoms with van der Waals surface area (Å²) < 4.78 is 10.7. The highest BCUT2D eigenvalue weighted by molar-refractivity contribution is 6.03. The van der Waals surface area contributed by atoms with Crippen LogP contribution in [0.3, 0.4) is 0 Å². The van der Waals surface area contributed by atoms with E-state index >= 15 is 0 Å². The zero-order valence-corrected chi connectivity index (χ0v) is 11.9. The van der Waals surface area contributed by atoms with Crippen LogP contribution in [0, 0.1) is 0 Å². The monoisotopic (exact) mass is 284 g/mol. The fourth-order valence-corrected chi connectivity index (χ4v) is 2.48. The molecule has 1 aromatic carbocycles. The molecule has 0 radical (unpaired) electrons. The van der Waals surface area contributed by atoms with E-state index in [2.05, 4.69) is 5.10 Å².